The van der Waals surface area contributed by atoms with Crippen molar-refractivity contribution in [3.8, 4) is 11.5 Å². The number of benzene rings is 2. The number of nitrogens with one attached hydrogen (secondary N) is 1. The molecule has 1 aliphatic heterocycles. The number of carbonyl (C=O) groups excluding carboxylic acids is 2. The summed E-state index contributed by atoms with van der Waals surface area (Å²) in [6, 6.07) is 11.0. The molecule has 0 unspecified atom stereocenters. The first kappa shape index (κ1) is 29.6. The fraction of sp³-hybridized carbons (Fsp3) is 0.481. The Kier molecular flexibility index (Phi) is 10.7. The predicted molar refractivity (Wildman–Crippen MR) is 148 cm³/mol. The molecule has 2 amide bonds. The van der Waals surface area contributed by atoms with Crippen molar-refractivity contribution in [1.29, 1.82) is 0 Å². The third-order valence-electron chi connectivity index (χ3n) is 6.31. The van der Waals surface area contributed by atoms with E-state index in [9.17, 15) is 18.0 Å². The van der Waals surface area contributed by atoms with Crippen LogP contribution in [0.15, 0.2) is 42.5 Å². The number of hydrogen-bond acceptors (Lipinski definition) is 6. The van der Waals surface area contributed by atoms with Gasteiger partial charge in [-0.15, -0.1) is 0 Å². The molecular weight excluding hydrogens is 530 g/mol. The van der Waals surface area contributed by atoms with E-state index in [4.69, 9.17) is 21.1 Å². The number of hydrogen-bond donors (Lipinski definition) is 1. The molecule has 3 rings (SSSR count). The van der Waals surface area contributed by atoms with Crippen LogP contribution < -0.4 is 19.1 Å². The van der Waals surface area contributed by atoms with Crippen molar-refractivity contribution < 1.29 is 27.5 Å². The van der Waals surface area contributed by atoms with E-state index in [0.29, 0.717) is 48.3 Å². The van der Waals surface area contributed by atoms with Gasteiger partial charge in [-0.2, -0.15) is 0 Å². The normalized spacial score (nSPS) is 13.5. The maximum Gasteiger partial charge on any atom is 0.244 e. The Bertz CT molecular complexity index is 1220. The first-order valence-electron chi connectivity index (χ1n) is 12.9. The minimum atomic E-state index is -3.86. The summed E-state index contributed by atoms with van der Waals surface area (Å²) in [5, 5.41) is 3.36. The highest BCUT2D eigenvalue weighted by Gasteiger charge is 2.33. The molecule has 0 aliphatic carbocycles. The average Bonchev–Trinajstić information content (AvgIpc) is 2.92. The van der Waals surface area contributed by atoms with E-state index in [-0.39, 0.29) is 23.9 Å². The van der Waals surface area contributed by atoms with Crippen LogP contribution in [-0.2, 0) is 26.2 Å². The number of amides is 2. The maximum absolute atomic E-state index is 13.9. The quantitative estimate of drug-likeness (QED) is 0.368. The van der Waals surface area contributed by atoms with Gasteiger partial charge >= 0.3 is 0 Å². The van der Waals surface area contributed by atoms with Gasteiger partial charge in [-0.1, -0.05) is 50.1 Å². The molecule has 1 atom stereocenters. The number of halogens is 1. The highest BCUT2D eigenvalue weighted by atomic mass is 35.5. The summed E-state index contributed by atoms with van der Waals surface area (Å²) in [6.45, 7) is 6.16. The van der Waals surface area contributed by atoms with E-state index in [1.807, 2.05) is 13.8 Å². The van der Waals surface area contributed by atoms with Crippen LogP contribution >= 0.6 is 11.6 Å². The van der Waals surface area contributed by atoms with Crippen molar-refractivity contribution in [3.63, 3.8) is 0 Å². The van der Waals surface area contributed by atoms with Crippen molar-refractivity contribution in [2.75, 3.05) is 36.4 Å². The number of rotatable bonds is 13. The van der Waals surface area contributed by atoms with Crippen LogP contribution in [0.4, 0.5) is 5.69 Å². The lowest BCUT2D eigenvalue weighted by Gasteiger charge is -2.33. The molecule has 1 heterocycles. The topological polar surface area (TPSA) is 105 Å². The standard InChI is InChI=1S/C27H36ClN3O6S/c1-4-7-14-29-27(33)23(5-2)30(18-20-10-8-9-11-22(20)28)26(32)19-31(38(34,35)6-3)21-12-13-24-25(17-21)37-16-15-36-24/h8-13,17,23H,4-7,14-16,18-19H2,1-3H3,(H,29,33)/t23-/m0/s1. The lowest BCUT2D eigenvalue weighted by Crippen LogP contribution is -2.52. The number of fused-ring (bicyclic) bond motifs is 1. The van der Waals surface area contributed by atoms with Crippen LogP contribution in [-0.4, -0.2) is 63.2 Å². The van der Waals surface area contributed by atoms with E-state index in [1.54, 1.807) is 42.5 Å². The molecule has 9 nitrogen and oxygen atoms in total. The highest BCUT2D eigenvalue weighted by molar-refractivity contribution is 7.92. The van der Waals surface area contributed by atoms with Gasteiger partial charge in [-0.05, 0) is 43.5 Å². The SMILES string of the molecule is CCCCNC(=O)[C@H](CC)N(Cc1ccccc1Cl)C(=O)CN(c1ccc2c(c1)OCCO2)S(=O)(=O)CC. The molecule has 0 saturated carbocycles. The number of sulfonamides is 1. The second kappa shape index (κ2) is 13.7. The molecule has 0 saturated heterocycles. The highest BCUT2D eigenvalue weighted by Crippen LogP contribution is 2.35. The van der Waals surface area contributed by atoms with Crippen LogP contribution in [0.5, 0.6) is 11.5 Å². The summed E-state index contributed by atoms with van der Waals surface area (Å²) in [5.74, 6) is -0.101. The number of unbranched alkanes of at least 4 members (excludes halogenated alkanes) is 1. The summed E-state index contributed by atoms with van der Waals surface area (Å²) in [6.07, 6.45) is 2.07. The Hall–Kier alpha value is -2.98. The van der Waals surface area contributed by atoms with Gasteiger partial charge in [0.25, 0.3) is 0 Å². The molecule has 1 N–H and O–H groups in total. The molecule has 0 radical (unpaired) electrons. The van der Waals surface area contributed by atoms with E-state index < -0.39 is 28.5 Å². The molecule has 38 heavy (non-hydrogen) atoms. The number of ether oxygens (including phenoxy) is 2. The van der Waals surface area contributed by atoms with Gasteiger partial charge in [-0.3, -0.25) is 13.9 Å². The van der Waals surface area contributed by atoms with Crippen LogP contribution in [0.3, 0.4) is 0 Å². The second-order valence-corrected chi connectivity index (χ2v) is 11.5. The van der Waals surface area contributed by atoms with Gasteiger partial charge in [0.15, 0.2) is 11.5 Å². The molecule has 0 fully saturated rings. The number of carbonyl (C=O) groups is 2. The van der Waals surface area contributed by atoms with Crippen molar-refractivity contribution in [2.45, 2.75) is 52.6 Å². The third kappa shape index (κ3) is 7.32. The Balaban J connectivity index is 1.96. The molecule has 0 spiro atoms. The number of anilines is 1. The Morgan fingerprint density at radius 2 is 1.76 bits per heavy atom. The monoisotopic (exact) mass is 565 g/mol. The molecule has 2 aromatic carbocycles. The summed E-state index contributed by atoms with van der Waals surface area (Å²) in [4.78, 5) is 28.4. The second-order valence-electron chi connectivity index (χ2n) is 8.92. The van der Waals surface area contributed by atoms with Gasteiger partial charge in [0.2, 0.25) is 21.8 Å². The first-order valence-corrected chi connectivity index (χ1v) is 14.9. The van der Waals surface area contributed by atoms with E-state index >= 15 is 0 Å². The van der Waals surface area contributed by atoms with Gasteiger partial charge < -0.3 is 19.7 Å². The van der Waals surface area contributed by atoms with Gasteiger partial charge in [-0.25, -0.2) is 8.42 Å². The minimum Gasteiger partial charge on any atom is -0.486 e. The summed E-state index contributed by atoms with van der Waals surface area (Å²) >= 11 is 6.40. The molecule has 0 bridgehead atoms. The smallest absolute Gasteiger partial charge is 0.244 e. The molecule has 2 aromatic rings. The lowest BCUT2D eigenvalue weighted by molar-refractivity contribution is -0.140. The number of nitrogens with zero attached hydrogens (tertiary/aromatic N) is 2. The van der Waals surface area contributed by atoms with Crippen molar-refractivity contribution in [2.24, 2.45) is 0 Å². The van der Waals surface area contributed by atoms with Gasteiger partial charge in [0.05, 0.1) is 11.4 Å². The first-order chi connectivity index (χ1) is 18.2. The summed E-state index contributed by atoms with van der Waals surface area (Å²) in [5.41, 5.74) is 0.939. The zero-order valence-corrected chi connectivity index (χ0v) is 23.7. The molecular formula is C27H36ClN3O6S. The molecule has 0 aromatic heterocycles. The fourth-order valence-corrected chi connectivity index (χ4v) is 5.39. The van der Waals surface area contributed by atoms with Gasteiger partial charge in [0.1, 0.15) is 25.8 Å². The van der Waals surface area contributed by atoms with Crippen LogP contribution in [0, 0.1) is 0 Å². The van der Waals surface area contributed by atoms with Gasteiger partial charge in [0, 0.05) is 24.2 Å². The molecule has 11 heteroatoms. The summed E-state index contributed by atoms with van der Waals surface area (Å²) < 4.78 is 38.6. The third-order valence-corrected chi connectivity index (χ3v) is 8.42. The zero-order chi connectivity index (χ0) is 27.7. The average molecular weight is 566 g/mol. The maximum atomic E-state index is 13.9. The summed E-state index contributed by atoms with van der Waals surface area (Å²) in [7, 11) is -3.86. The fourth-order valence-electron chi connectivity index (χ4n) is 4.14. The zero-order valence-electron chi connectivity index (χ0n) is 22.1. The van der Waals surface area contributed by atoms with E-state index in [2.05, 4.69) is 5.32 Å². The van der Waals surface area contributed by atoms with E-state index in [1.165, 1.54) is 11.8 Å². The lowest BCUT2D eigenvalue weighted by atomic mass is 10.1. The molecule has 208 valence electrons. The van der Waals surface area contributed by atoms with Crippen LogP contribution in [0.25, 0.3) is 0 Å². The largest absolute Gasteiger partial charge is 0.486 e. The minimum absolute atomic E-state index is 0.0549. The van der Waals surface area contributed by atoms with E-state index in [0.717, 1.165) is 17.1 Å². The molecule has 1 aliphatic rings. The van der Waals surface area contributed by atoms with Crippen LogP contribution in [0.1, 0.15) is 45.6 Å². The Morgan fingerprint density at radius 3 is 2.42 bits per heavy atom. The Labute approximate surface area is 230 Å². The van der Waals surface area contributed by atoms with Crippen LogP contribution in [0.2, 0.25) is 5.02 Å². The van der Waals surface area contributed by atoms with Crippen molar-refractivity contribution >= 4 is 39.1 Å². The van der Waals surface area contributed by atoms with Crippen molar-refractivity contribution in [1.82, 2.24) is 10.2 Å². The van der Waals surface area contributed by atoms with Crippen molar-refractivity contribution in [3.05, 3.63) is 53.1 Å². The Morgan fingerprint density at radius 1 is 1.05 bits per heavy atom. The predicted octanol–water partition coefficient (Wildman–Crippen LogP) is 3.99.